The van der Waals surface area contributed by atoms with Crippen molar-refractivity contribution < 1.29 is 17.4 Å². The number of hydrogen-bond acceptors (Lipinski definition) is 2. The summed E-state index contributed by atoms with van der Waals surface area (Å²) >= 11 is 0. The zero-order valence-electron chi connectivity index (χ0n) is 26.6. The second-order valence-electron chi connectivity index (χ2n) is 12.0. The van der Waals surface area contributed by atoms with E-state index in [0.717, 1.165) is 79.0 Å². The first-order valence-corrected chi connectivity index (χ1v) is 17.2. The summed E-state index contributed by atoms with van der Waals surface area (Å²) in [6, 6.07) is 4.56. The summed E-state index contributed by atoms with van der Waals surface area (Å²) in [7, 11) is -2.04. The van der Waals surface area contributed by atoms with Gasteiger partial charge in [-0.1, -0.05) is 100 Å². The highest BCUT2D eigenvalue weighted by Gasteiger charge is 2.37. The molecule has 3 unspecified atom stereocenters. The minimum Gasteiger partial charge on any atom is -0.256 e. The molecular weight excluding hydrogens is 565 g/mol. The van der Waals surface area contributed by atoms with Crippen LogP contribution in [0.25, 0.3) is 5.57 Å². The number of allylic oxidation sites excluding steroid dienone is 5. The topological polar surface area (TPSA) is 41.5 Å². The van der Waals surface area contributed by atoms with Gasteiger partial charge in [0, 0.05) is 18.2 Å². The van der Waals surface area contributed by atoms with Gasteiger partial charge in [-0.15, -0.1) is 0 Å². The predicted molar refractivity (Wildman–Crippen MR) is 176 cm³/mol. The number of unbranched alkanes of at least 4 members (excludes halogenated alkanes) is 1. The Morgan fingerprint density at radius 2 is 1.81 bits per heavy atom. The van der Waals surface area contributed by atoms with Gasteiger partial charge in [0.2, 0.25) is 0 Å². The van der Waals surface area contributed by atoms with E-state index in [2.05, 4.69) is 68.5 Å². The molecule has 0 saturated heterocycles. The van der Waals surface area contributed by atoms with Crippen molar-refractivity contribution in [2.75, 3.05) is 0 Å². The standard InChI is InChI=1S/C36H49F3N2OS/c1-6-8-11-19-32(33-23-26(3)21-22-27(33)4)34(24-29(7-2)30-16-12-9-13-17-30)35-20-15-10-14-18-31(25-40-35)43(42)41-28(5)36(37,38)39/h18,20-23,25,28-30,41H,6-10,12-17,24H2,1-5H3/b31-18+,34-32+,35-20+,40-25-. The third kappa shape index (κ3) is 10.6. The number of hydrogen-bond donors (Lipinski definition) is 1. The van der Waals surface area contributed by atoms with E-state index < -0.39 is 23.2 Å². The maximum Gasteiger partial charge on any atom is 0.404 e. The Labute approximate surface area is 260 Å². The van der Waals surface area contributed by atoms with Crippen LogP contribution in [-0.4, -0.2) is 22.6 Å². The van der Waals surface area contributed by atoms with E-state index in [1.54, 1.807) is 6.08 Å². The maximum absolute atomic E-state index is 13.2. The van der Waals surface area contributed by atoms with E-state index in [1.807, 2.05) is 0 Å². The van der Waals surface area contributed by atoms with Crippen molar-refractivity contribution in [1.29, 1.82) is 0 Å². The fourth-order valence-electron chi connectivity index (χ4n) is 5.89. The van der Waals surface area contributed by atoms with Gasteiger partial charge in [-0.05, 0) is 81.4 Å². The molecule has 0 spiro atoms. The van der Waals surface area contributed by atoms with Crippen molar-refractivity contribution in [2.45, 2.75) is 124 Å². The number of rotatable bonds is 10. The second-order valence-corrected chi connectivity index (χ2v) is 13.3. The molecule has 0 radical (unpaired) electrons. The van der Waals surface area contributed by atoms with E-state index in [1.165, 1.54) is 38.3 Å². The fraction of sp³-hybridized carbons (Fsp3) is 0.583. The molecular formula is C36H49F3N2OS. The summed E-state index contributed by atoms with van der Waals surface area (Å²) in [5.41, 5.74) is 6.29. The molecule has 1 saturated carbocycles. The molecule has 43 heavy (non-hydrogen) atoms. The molecule has 1 aliphatic heterocycles. The van der Waals surface area contributed by atoms with E-state index in [0.29, 0.717) is 18.3 Å². The summed E-state index contributed by atoms with van der Waals surface area (Å²) in [5, 5.41) is 0. The van der Waals surface area contributed by atoms with Gasteiger partial charge < -0.3 is 0 Å². The molecule has 3 nitrogen and oxygen atoms in total. The Hall–Kier alpha value is -2.43. The van der Waals surface area contributed by atoms with Crippen LogP contribution in [0.15, 0.2) is 51.5 Å². The number of aryl methyl sites for hydroxylation is 2. The molecule has 236 valence electrons. The molecule has 3 atom stereocenters. The lowest BCUT2D eigenvalue weighted by atomic mass is 9.75. The lowest BCUT2D eigenvalue weighted by molar-refractivity contribution is -0.146. The summed E-state index contributed by atoms with van der Waals surface area (Å²) in [6.45, 7) is 9.59. The first kappa shape index (κ1) is 35.1. The number of halogens is 3. The smallest absolute Gasteiger partial charge is 0.256 e. The van der Waals surface area contributed by atoms with Crippen LogP contribution in [0.5, 0.6) is 0 Å². The monoisotopic (exact) mass is 614 g/mol. The quantitative estimate of drug-likeness (QED) is 0.262. The molecule has 2 aliphatic rings. The molecule has 1 aromatic rings. The first-order valence-electron chi connectivity index (χ1n) is 16.0. The normalized spacial score (nSPS) is 22.6. The van der Waals surface area contributed by atoms with Crippen LogP contribution in [-0.2, 0) is 11.0 Å². The zero-order chi connectivity index (χ0) is 31.4. The van der Waals surface area contributed by atoms with Crippen LogP contribution in [0.4, 0.5) is 13.2 Å². The molecule has 1 N–H and O–H groups in total. The summed E-state index contributed by atoms with van der Waals surface area (Å²) in [4.78, 5) is 5.17. The van der Waals surface area contributed by atoms with Crippen LogP contribution in [0.3, 0.4) is 0 Å². The Bertz CT molecular complexity index is 1290. The van der Waals surface area contributed by atoms with Crippen LogP contribution >= 0.6 is 0 Å². The number of aliphatic imine (C=N–C) groups is 1. The van der Waals surface area contributed by atoms with Crippen molar-refractivity contribution in [3.05, 3.63) is 63.2 Å². The van der Waals surface area contributed by atoms with E-state index in [4.69, 9.17) is 4.99 Å². The first-order chi connectivity index (χ1) is 20.5. The highest BCUT2D eigenvalue weighted by Crippen LogP contribution is 2.40. The highest BCUT2D eigenvalue weighted by molar-refractivity contribution is 7.88. The van der Waals surface area contributed by atoms with E-state index >= 15 is 0 Å². The van der Waals surface area contributed by atoms with Crippen molar-refractivity contribution >= 4 is 22.8 Å². The van der Waals surface area contributed by atoms with Crippen molar-refractivity contribution in [3.8, 4) is 11.8 Å². The van der Waals surface area contributed by atoms with Crippen LogP contribution < -0.4 is 4.72 Å². The minimum atomic E-state index is -4.49. The van der Waals surface area contributed by atoms with E-state index in [-0.39, 0.29) is 4.91 Å². The maximum atomic E-state index is 13.2. The summed E-state index contributed by atoms with van der Waals surface area (Å²) in [5.74, 6) is 8.10. The number of nitrogens with one attached hydrogen (secondary N) is 1. The van der Waals surface area contributed by atoms with Crippen molar-refractivity contribution in [2.24, 2.45) is 16.8 Å². The van der Waals surface area contributed by atoms with E-state index in [9.17, 15) is 17.4 Å². The zero-order valence-corrected chi connectivity index (χ0v) is 27.4. The number of nitrogens with zero attached hydrogens (tertiary/aromatic N) is 1. The third-order valence-electron chi connectivity index (χ3n) is 8.58. The average molecular weight is 615 g/mol. The van der Waals surface area contributed by atoms with Crippen LogP contribution in [0.2, 0.25) is 0 Å². The SMILES string of the molecule is CCCC#C\C(=C(CC(CC)C1CCCCC1)/C1=C\CCC\C=C(S(=O)NC(C)C(F)(F)F)/C=N\1)c1cc(C)ccc1C. The average Bonchev–Trinajstić information content (AvgIpc) is 3.10. The molecule has 0 bridgehead atoms. The number of alkyl halides is 3. The van der Waals surface area contributed by atoms with Gasteiger partial charge in [0.25, 0.3) is 0 Å². The molecule has 1 heterocycles. The number of benzene rings is 1. The molecule has 1 aromatic carbocycles. The molecule has 0 aromatic heterocycles. The Morgan fingerprint density at radius 1 is 1.09 bits per heavy atom. The predicted octanol–water partition coefficient (Wildman–Crippen LogP) is 10.1. The van der Waals surface area contributed by atoms with Gasteiger partial charge in [0.1, 0.15) is 17.0 Å². The molecule has 0 amide bonds. The van der Waals surface area contributed by atoms with Crippen LogP contribution in [0.1, 0.15) is 115 Å². The second kappa shape index (κ2) is 17.2. The molecule has 1 fully saturated rings. The third-order valence-corrected chi connectivity index (χ3v) is 9.85. The molecule has 1 aliphatic carbocycles. The summed E-state index contributed by atoms with van der Waals surface area (Å²) in [6.07, 6.45) is 13.0. The lowest BCUT2D eigenvalue weighted by Gasteiger charge is -2.31. The molecule has 7 heteroatoms. The minimum absolute atomic E-state index is 0.271. The molecule has 3 rings (SSSR count). The van der Waals surface area contributed by atoms with Gasteiger partial charge in [-0.2, -0.15) is 13.2 Å². The van der Waals surface area contributed by atoms with Crippen LogP contribution in [0, 0.1) is 37.5 Å². The van der Waals surface area contributed by atoms with Crippen molar-refractivity contribution in [1.82, 2.24) is 4.72 Å². The Kier molecular flexibility index (Phi) is 14.0. The lowest BCUT2D eigenvalue weighted by Crippen LogP contribution is -2.41. The Balaban J connectivity index is 2.17. The van der Waals surface area contributed by atoms with Crippen molar-refractivity contribution in [3.63, 3.8) is 0 Å². The summed E-state index contributed by atoms with van der Waals surface area (Å²) < 4.78 is 54.9. The largest absolute Gasteiger partial charge is 0.404 e. The highest BCUT2D eigenvalue weighted by atomic mass is 32.2. The fourth-order valence-corrected chi connectivity index (χ4v) is 6.90. The Morgan fingerprint density at radius 3 is 2.49 bits per heavy atom. The van der Waals surface area contributed by atoms with Gasteiger partial charge in [0.15, 0.2) is 0 Å². The van der Waals surface area contributed by atoms with Gasteiger partial charge in [-0.3, -0.25) is 4.99 Å². The van der Waals surface area contributed by atoms with Gasteiger partial charge in [-0.25, -0.2) is 8.93 Å². The van der Waals surface area contributed by atoms with Gasteiger partial charge in [0.05, 0.1) is 10.6 Å². The van der Waals surface area contributed by atoms with Gasteiger partial charge >= 0.3 is 6.18 Å².